The van der Waals surface area contributed by atoms with Crippen LogP contribution < -0.4 is 10.6 Å². The number of hydrogen-bond acceptors (Lipinski definition) is 2. The highest BCUT2D eigenvalue weighted by Gasteiger charge is 2.61. The molecule has 0 aromatic carbocycles. The lowest BCUT2D eigenvalue weighted by molar-refractivity contribution is -0.274. The Morgan fingerprint density at radius 2 is 1.75 bits per heavy atom. The van der Waals surface area contributed by atoms with Gasteiger partial charge in [0.1, 0.15) is 0 Å². The molecule has 0 aromatic rings. The Morgan fingerprint density at radius 3 is 2.20 bits per heavy atom. The first kappa shape index (κ1) is 17.1. The first-order valence-electron chi connectivity index (χ1n) is 6.19. The van der Waals surface area contributed by atoms with Crippen LogP contribution in [0.1, 0.15) is 26.2 Å². The summed E-state index contributed by atoms with van der Waals surface area (Å²) in [7, 11) is 0. The van der Waals surface area contributed by atoms with Crippen molar-refractivity contribution in [1.82, 2.24) is 10.6 Å². The minimum absolute atomic E-state index is 0.131. The van der Waals surface area contributed by atoms with Crippen molar-refractivity contribution < 1.29 is 31.1 Å². The van der Waals surface area contributed by atoms with Crippen molar-refractivity contribution in [1.29, 1.82) is 0 Å². The third-order valence-electron chi connectivity index (χ3n) is 3.15. The van der Waals surface area contributed by atoms with Crippen molar-refractivity contribution in [2.45, 2.75) is 50.6 Å². The molecule has 0 saturated carbocycles. The molecule has 0 radical (unpaired) electrons. The minimum Gasteiger partial charge on any atom is -0.354 e. The summed E-state index contributed by atoms with van der Waals surface area (Å²) in [6, 6.07) is -0.170. The molecule has 9 heteroatoms. The van der Waals surface area contributed by atoms with Crippen LogP contribution in [0.4, 0.5) is 26.3 Å². The van der Waals surface area contributed by atoms with Gasteiger partial charge in [0.25, 0.3) is 0 Å². The summed E-state index contributed by atoms with van der Waals surface area (Å²) in [5, 5.41) is 4.76. The Hall–Kier alpha value is -0.990. The van der Waals surface area contributed by atoms with Crippen LogP contribution in [0.25, 0.3) is 0 Å². The highest BCUT2D eigenvalue weighted by atomic mass is 19.4. The molecule has 20 heavy (non-hydrogen) atoms. The van der Waals surface area contributed by atoms with Crippen LogP contribution in [0.5, 0.6) is 0 Å². The highest BCUT2D eigenvalue weighted by Crippen LogP contribution is 2.39. The summed E-state index contributed by atoms with van der Waals surface area (Å²) in [4.78, 5) is 11.2. The second-order valence-corrected chi connectivity index (χ2v) is 4.96. The lowest BCUT2D eigenvalue weighted by atomic mass is 9.99. The van der Waals surface area contributed by atoms with Crippen molar-refractivity contribution >= 4 is 5.91 Å². The van der Waals surface area contributed by atoms with Gasteiger partial charge in [0.15, 0.2) is 0 Å². The molecule has 1 saturated heterocycles. The van der Waals surface area contributed by atoms with Crippen molar-refractivity contribution in [3.63, 3.8) is 0 Å². The lowest BCUT2D eigenvalue weighted by Crippen LogP contribution is -2.52. The first-order chi connectivity index (χ1) is 9.01. The molecule has 0 spiro atoms. The molecule has 1 rings (SSSR count). The fourth-order valence-electron chi connectivity index (χ4n) is 2.21. The molecular formula is C11H16F6N2O. The topological polar surface area (TPSA) is 41.1 Å². The Morgan fingerprint density at radius 1 is 1.20 bits per heavy atom. The van der Waals surface area contributed by atoms with E-state index in [1.807, 2.05) is 6.92 Å². The lowest BCUT2D eigenvalue weighted by Gasteiger charge is -2.30. The summed E-state index contributed by atoms with van der Waals surface area (Å²) in [6.45, 7) is 1.62. The van der Waals surface area contributed by atoms with Gasteiger partial charge in [0.05, 0.1) is 0 Å². The zero-order valence-electron chi connectivity index (χ0n) is 10.7. The number of piperidine rings is 1. The molecule has 1 heterocycles. The number of carbonyl (C=O) groups excluding carboxylic acids is 1. The van der Waals surface area contributed by atoms with Crippen LogP contribution >= 0.6 is 0 Å². The summed E-state index contributed by atoms with van der Waals surface area (Å²) in [5.74, 6) is -6.03. The number of nitrogens with one attached hydrogen (secondary N) is 2. The molecule has 0 bridgehead atoms. The van der Waals surface area contributed by atoms with Gasteiger partial charge < -0.3 is 10.6 Å². The van der Waals surface area contributed by atoms with Gasteiger partial charge in [-0.05, 0) is 19.8 Å². The summed E-state index contributed by atoms with van der Waals surface area (Å²) < 4.78 is 73.8. The predicted octanol–water partition coefficient (Wildman–Crippen LogP) is 2.37. The van der Waals surface area contributed by atoms with E-state index >= 15 is 0 Å². The van der Waals surface area contributed by atoms with Gasteiger partial charge in [-0.3, -0.25) is 4.79 Å². The average molecular weight is 306 g/mol. The molecule has 0 aromatic heterocycles. The smallest absolute Gasteiger partial charge is 0.354 e. The zero-order chi connectivity index (χ0) is 15.6. The number of halogens is 6. The fraction of sp³-hybridized carbons (Fsp3) is 0.909. The maximum absolute atomic E-state index is 12.3. The van der Waals surface area contributed by atoms with Crippen LogP contribution in [0.3, 0.4) is 0 Å². The Balaban J connectivity index is 2.59. The molecule has 3 nitrogen and oxygen atoms in total. The number of hydrogen-bond donors (Lipinski definition) is 2. The number of alkyl halides is 6. The highest BCUT2D eigenvalue weighted by molar-refractivity contribution is 5.80. The predicted molar refractivity (Wildman–Crippen MR) is 58.8 cm³/mol. The van der Waals surface area contributed by atoms with Gasteiger partial charge >= 0.3 is 12.4 Å². The molecule has 0 aliphatic carbocycles. The second-order valence-electron chi connectivity index (χ2n) is 4.96. The van der Waals surface area contributed by atoms with Crippen LogP contribution in [0.15, 0.2) is 0 Å². The van der Waals surface area contributed by atoms with E-state index in [4.69, 9.17) is 0 Å². The quantitative estimate of drug-likeness (QED) is 0.786. The van der Waals surface area contributed by atoms with Crippen LogP contribution in [-0.2, 0) is 4.79 Å². The van der Waals surface area contributed by atoms with E-state index in [2.05, 4.69) is 5.32 Å². The van der Waals surface area contributed by atoms with Crippen LogP contribution in [0, 0.1) is 5.92 Å². The maximum atomic E-state index is 12.3. The van der Waals surface area contributed by atoms with Gasteiger partial charge in [-0.2, -0.15) is 26.3 Å². The molecule has 1 aliphatic heterocycles. The molecule has 2 N–H and O–H groups in total. The summed E-state index contributed by atoms with van der Waals surface area (Å²) in [6.07, 6.45) is -8.98. The van der Waals surface area contributed by atoms with Gasteiger partial charge in [0.2, 0.25) is 11.8 Å². The van der Waals surface area contributed by atoms with Gasteiger partial charge in [-0.1, -0.05) is 6.42 Å². The van der Waals surface area contributed by atoms with Crippen molar-refractivity contribution in [2.75, 3.05) is 6.54 Å². The second kappa shape index (κ2) is 6.19. The van der Waals surface area contributed by atoms with E-state index in [-0.39, 0.29) is 18.6 Å². The third-order valence-corrected chi connectivity index (χ3v) is 3.15. The van der Waals surface area contributed by atoms with Gasteiger partial charge in [0, 0.05) is 18.6 Å². The van der Waals surface area contributed by atoms with Crippen molar-refractivity contribution in [2.24, 2.45) is 5.92 Å². The minimum atomic E-state index is -5.64. The van der Waals surface area contributed by atoms with E-state index in [0.29, 0.717) is 6.42 Å². The monoisotopic (exact) mass is 306 g/mol. The third kappa shape index (κ3) is 4.84. The van der Waals surface area contributed by atoms with Gasteiger partial charge in [-0.15, -0.1) is 0 Å². The van der Waals surface area contributed by atoms with Crippen LogP contribution in [-0.4, -0.2) is 36.9 Å². The molecule has 1 amide bonds. The molecule has 2 unspecified atom stereocenters. The van der Waals surface area contributed by atoms with Gasteiger partial charge in [-0.25, -0.2) is 0 Å². The number of amides is 1. The van der Waals surface area contributed by atoms with E-state index in [0.717, 1.165) is 12.8 Å². The SMILES string of the molecule is CC1CCCC(CNC(=O)C(C(F)(F)F)C(F)(F)F)N1. The summed E-state index contributed by atoms with van der Waals surface area (Å²) >= 11 is 0. The zero-order valence-corrected chi connectivity index (χ0v) is 10.7. The van der Waals surface area contributed by atoms with Crippen molar-refractivity contribution in [3.8, 4) is 0 Å². The Labute approximate surface area is 112 Å². The standard InChI is InChI=1S/C11H16F6N2O/c1-6-3-2-4-7(19-6)5-18-9(20)8(10(12,13)14)11(15,16)17/h6-8,19H,2-5H2,1H3,(H,18,20). The molecule has 118 valence electrons. The van der Waals surface area contributed by atoms with E-state index in [9.17, 15) is 31.1 Å². The largest absolute Gasteiger partial charge is 0.409 e. The molecule has 1 fully saturated rings. The van der Waals surface area contributed by atoms with E-state index in [1.165, 1.54) is 0 Å². The number of carbonyl (C=O) groups is 1. The molecule has 1 aliphatic rings. The first-order valence-corrected chi connectivity index (χ1v) is 6.19. The molecular weight excluding hydrogens is 290 g/mol. The Kier molecular flexibility index (Phi) is 5.28. The normalized spacial score (nSPS) is 24.8. The average Bonchev–Trinajstić information content (AvgIpc) is 2.22. The van der Waals surface area contributed by atoms with E-state index < -0.39 is 24.2 Å². The summed E-state index contributed by atoms with van der Waals surface area (Å²) in [5.41, 5.74) is 0. The maximum Gasteiger partial charge on any atom is 0.409 e. The van der Waals surface area contributed by atoms with Crippen molar-refractivity contribution in [3.05, 3.63) is 0 Å². The Bertz CT molecular complexity index is 327. The van der Waals surface area contributed by atoms with E-state index in [1.54, 1.807) is 5.32 Å². The fourth-order valence-corrected chi connectivity index (χ4v) is 2.21. The number of rotatable bonds is 3. The molecule has 2 atom stereocenters. The van der Waals surface area contributed by atoms with Crippen LogP contribution in [0.2, 0.25) is 0 Å².